The number of hydrogen-bond donors (Lipinski definition) is 0. The minimum Gasteiger partial charge on any atom is -0.103 e. The molecule has 0 aliphatic rings. The van der Waals surface area contributed by atoms with Crippen LogP contribution in [0.25, 0.3) is 0 Å². The summed E-state index contributed by atoms with van der Waals surface area (Å²) in [6, 6.07) is 0. The molecule has 14 heavy (non-hydrogen) atoms. The lowest BCUT2D eigenvalue weighted by molar-refractivity contribution is 0.00891. The molecule has 0 rings (SSSR count). The van der Waals surface area contributed by atoms with Crippen molar-refractivity contribution in [1.29, 1.82) is 0 Å². The Morgan fingerprint density at radius 3 is 1.79 bits per heavy atom. The maximum absolute atomic E-state index is 3.89. The molecular weight excluding hydrogens is 168 g/mol. The van der Waals surface area contributed by atoms with Gasteiger partial charge in [0.2, 0.25) is 0 Å². The molecule has 0 fully saturated rings. The molecule has 0 heteroatoms. The zero-order chi connectivity index (χ0) is 11.4. The van der Waals surface area contributed by atoms with Gasteiger partial charge in [-0.1, -0.05) is 47.6 Å². The van der Waals surface area contributed by atoms with E-state index >= 15 is 0 Å². The van der Waals surface area contributed by atoms with E-state index in [0.717, 1.165) is 12.3 Å². The van der Waals surface area contributed by atoms with Gasteiger partial charge in [-0.25, -0.2) is 0 Å². The van der Waals surface area contributed by atoms with E-state index in [-0.39, 0.29) is 0 Å². The molecule has 0 unspecified atom stereocenters. The monoisotopic (exact) mass is 196 g/mol. The van der Waals surface area contributed by atoms with Gasteiger partial charge in [0.25, 0.3) is 0 Å². The fourth-order valence-corrected chi connectivity index (χ4v) is 3.37. The summed E-state index contributed by atoms with van der Waals surface area (Å²) in [5.74, 6) is 0.743. The van der Waals surface area contributed by atoms with Gasteiger partial charge in [-0.05, 0) is 36.0 Å². The highest BCUT2D eigenvalue weighted by Gasteiger charge is 2.43. The second-order valence-electron chi connectivity index (χ2n) is 5.39. The van der Waals surface area contributed by atoms with Crippen molar-refractivity contribution in [3.05, 3.63) is 12.7 Å². The molecule has 0 bridgehead atoms. The lowest BCUT2D eigenvalue weighted by atomic mass is 9.56. The van der Waals surface area contributed by atoms with Crippen LogP contribution in [0.15, 0.2) is 12.7 Å². The molecule has 84 valence electrons. The van der Waals surface area contributed by atoms with Crippen molar-refractivity contribution in [3.63, 3.8) is 0 Å². The Kier molecular flexibility index (Phi) is 4.91. The third-order valence-electron chi connectivity index (χ3n) is 4.37. The zero-order valence-corrected chi connectivity index (χ0v) is 11.0. The summed E-state index contributed by atoms with van der Waals surface area (Å²) in [5, 5.41) is 0. The van der Waals surface area contributed by atoms with E-state index in [1.54, 1.807) is 0 Å². The molecule has 0 spiro atoms. The second kappa shape index (κ2) is 5.00. The average molecular weight is 196 g/mol. The molecule has 0 aromatic heterocycles. The van der Waals surface area contributed by atoms with Gasteiger partial charge in [-0.15, -0.1) is 6.58 Å². The Hall–Kier alpha value is -0.260. The van der Waals surface area contributed by atoms with Crippen LogP contribution >= 0.6 is 0 Å². The normalized spacial score (nSPS) is 13.4. The lowest BCUT2D eigenvalue weighted by Gasteiger charge is -2.49. The van der Waals surface area contributed by atoms with Gasteiger partial charge in [0.05, 0.1) is 0 Å². The van der Waals surface area contributed by atoms with Crippen LogP contribution in [-0.4, -0.2) is 0 Å². The minimum atomic E-state index is 0.367. The van der Waals surface area contributed by atoms with Gasteiger partial charge in [0, 0.05) is 0 Å². The topological polar surface area (TPSA) is 0 Å². The van der Waals surface area contributed by atoms with E-state index in [9.17, 15) is 0 Å². The third-order valence-corrected chi connectivity index (χ3v) is 4.37. The Morgan fingerprint density at radius 2 is 1.57 bits per heavy atom. The second-order valence-corrected chi connectivity index (χ2v) is 5.39. The maximum atomic E-state index is 3.89. The van der Waals surface area contributed by atoms with Crippen LogP contribution in [0.5, 0.6) is 0 Å². The molecule has 0 N–H and O–H groups in total. The van der Waals surface area contributed by atoms with Crippen molar-refractivity contribution >= 4 is 0 Å². The molecule has 0 aromatic carbocycles. The van der Waals surface area contributed by atoms with Crippen molar-refractivity contribution in [3.8, 4) is 0 Å². The first-order valence-electron chi connectivity index (χ1n) is 5.98. The predicted molar refractivity (Wildman–Crippen MR) is 66.4 cm³/mol. The van der Waals surface area contributed by atoms with Gasteiger partial charge in [-0.3, -0.25) is 0 Å². The Morgan fingerprint density at radius 1 is 1.14 bits per heavy atom. The maximum Gasteiger partial charge on any atom is -0.0225 e. The first-order valence-corrected chi connectivity index (χ1v) is 5.98. The van der Waals surface area contributed by atoms with E-state index in [0.29, 0.717) is 10.8 Å². The van der Waals surface area contributed by atoms with Crippen molar-refractivity contribution in [2.45, 2.75) is 60.8 Å². The van der Waals surface area contributed by atoms with Crippen LogP contribution in [0, 0.1) is 16.7 Å². The molecule has 0 aromatic rings. The highest BCUT2D eigenvalue weighted by atomic mass is 14.5. The van der Waals surface area contributed by atoms with Crippen LogP contribution in [0.4, 0.5) is 0 Å². The predicted octanol–water partition coefficient (Wildman–Crippen LogP) is 5.05. The number of allylic oxidation sites excluding steroid dienone is 1. The molecule has 0 aliphatic carbocycles. The fraction of sp³-hybridized carbons (Fsp3) is 0.857. The molecule has 0 saturated carbocycles. The highest BCUT2D eigenvalue weighted by molar-refractivity contribution is 4.96. The summed E-state index contributed by atoms with van der Waals surface area (Å²) in [4.78, 5) is 0. The van der Waals surface area contributed by atoms with Crippen molar-refractivity contribution < 1.29 is 0 Å². The van der Waals surface area contributed by atoms with Crippen LogP contribution in [0.2, 0.25) is 0 Å². The van der Waals surface area contributed by atoms with Gasteiger partial charge in [0.1, 0.15) is 0 Å². The van der Waals surface area contributed by atoms with Crippen LogP contribution < -0.4 is 0 Å². The van der Waals surface area contributed by atoms with E-state index in [2.05, 4.69) is 54.2 Å². The summed E-state index contributed by atoms with van der Waals surface area (Å²) in [6.45, 7) is 18.0. The first-order chi connectivity index (χ1) is 6.38. The van der Waals surface area contributed by atoms with Gasteiger partial charge < -0.3 is 0 Å². The lowest BCUT2D eigenvalue weighted by Crippen LogP contribution is -2.41. The number of rotatable bonds is 6. The molecule has 0 atom stereocenters. The Balaban J connectivity index is 5.05. The summed E-state index contributed by atoms with van der Waals surface area (Å²) in [5.41, 5.74) is 0.827. The quantitative estimate of drug-likeness (QED) is 0.521. The van der Waals surface area contributed by atoms with Crippen LogP contribution in [0.3, 0.4) is 0 Å². The highest BCUT2D eigenvalue weighted by Crippen LogP contribution is 2.52. The van der Waals surface area contributed by atoms with E-state index in [4.69, 9.17) is 0 Å². The molecule has 0 amide bonds. The van der Waals surface area contributed by atoms with Gasteiger partial charge >= 0.3 is 0 Å². The van der Waals surface area contributed by atoms with Gasteiger partial charge in [0.15, 0.2) is 0 Å². The average Bonchev–Trinajstić information content (AvgIpc) is 2.05. The number of hydrogen-bond acceptors (Lipinski definition) is 0. The first kappa shape index (κ1) is 13.7. The third kappa shape index (κ3) is 2.21. The molecule has 0 saturated heterocycles. The van der Waals surface area contributed by atoms with E-state index in [1.807, 2.05) is 0 Å². The molecule has 0 heterocycles. The van der Waals surface area contributed by atoms with Crippen molar-refractivity contribution in [2.24, 2.45) is 16.7 Å². The SMILES string of the molecule is C=CCC(C)(C)C(CC)(CC)C(C)C. The molecular formula is C14H28. The summed E-state index contributed by atoms with van der Waals surface area (Å²) < 4.78 is 0. The fourth-order valence-electron chi connectivity index (χ4n) is 3.37. The minimum absolute atomic E-state index is 0.367. The zero-order valence-electron chi connectivity index (χ0n) is 11.0. The molecule has 0 radical (unpaired) electrons. The smallest absolute Gasteiger partial charge is 0.0225 e. The summed E-state index contributed by atoms with van der Waals surface area (Å²) in [7, 11) is 0. The van der Waals surface area contributed by atoms with Crippen molar-refractivity contribution in [1.82, 2.24) is 0 Å². The van der Waals surface area contributed by atoms with E-state index in [1.165, 1.54) is 12.8 Å². The standard InChI is InChI=1S/C14H28/c1-8-11-13(6,7)14(9-2,10-3)12(4)5/h8,12H,1,9-11H2,2-7H3. The largest absolute Gasteiger partial charge is 0.103 e. The van der Waals surface area contributed by atoms with Gasteiger partial charge in [-0.2, -0.15) is 0 Å². The molecule has 0 nitrogen and oxygen atoms in total. The summed E-state index contributed by atoms with van der Waals surface area (Å²) >= 11 is 0. The molecule has 0 aliphatic heterocycles. The Bertz CT molecular complexity index is 170. The van der Waals surface area contributed by atoms with Crippen molar-refractivity contribution in [2.75, 3.05) is 0 Å². The van der Waals surface area contributed by atoms with E-state index < -0.39 is 0 Å². The van der Waals surface area contributed by atoms with Crippen LogP contribution in [0.1, 0.15) is 60.8 Å². The summed E-state index contributed by atoms with van der Waals surface area (Å²) in [6.07, 6.45) is 5.72. The van der Waals surface area contributed by atoms with Crippen LogP contribution in [-0.2, 0) is 0 Å². The Labute approximate surface area is 90.8 Å².